The van der Waals surface area contributed by atoms with E-state index in [-0.39, 0.29) is 357 Å². The Morgan fingerprint density at radius 1 is 0.197 bits per heavy atom. The minimum atomic E-state index is 0. The van der Waals surface area contributed by atoms with E-state index in [2.05, 4.69) is 48.5 Å². The molecule has 10 radical (unpaired) electrons. The Hall–Kier alpha value is 5.56. The van der Waals surface area contributed by atoms with Gasteiger partial charge in [-0.2, -0.15) is 0 Å². The molecule has 0 aliphatic rings. The Kier molecular flexibility index (Phi) is 86.4. The van der Waals surface area contributed by atoms with Crippen LogP contribution in [0.5, 0.6) is 0 Å². The van der Waals surface area contributed by atoms with Gasteiger partial charge < -0.3 is 47.4 Å². The van der Waals surface area contributed by atoms with Crippen LogP contribution in [0.2, 0.25) is 0 Å². The summed E-state index contributed by atoms with van der Waals surface area (Å²) in [4.78, 5) is 0. The SMILES string of the molecule is CC.CC.CC.CC.CC.CC.[CH3-].[CH3-].[CH3-].[CH3-].[Y].[Y].[Y].[Y].[Y].[Y].[Y].[Y].[Y].[Y].c1ccc2c(c1)oc1cc3c(cc12)oc1ccccc13.c1ccc2c(c1)oc1cc3c(cc12)oc1ccccc13. The summed E-state index contributed by atoms with van der Waals surface area (Å²) in [6.07, 6.45) is 0. The van der Waals surface area contributed by atoms with Gasteiger partial charge in [0, 0.05) is 370 Å². The maximum absolute atomic E-state index is 5.94. The zero-order chi connectivity index (χ0) is 38.2. The van der Waals surface area contributed by atoms with Crippen LogP contribution in [0.15, 0.2) is 139 Å². The van der Waals surface area contributed by atoms with E-state index in [0.717, 1.165) is 87.8 Å². The third kappa shape index (κ3) is 25.4. The van der Waals surface area contributed by atoms with Crippen LogP contribution in [0.1, 0.15) is 83.1 Å². The summed E-state index contributed by atoms with van der Waals surface area (Å²) < 4.78 is 23.7. The van der Waals surface area contributed by atoms with E-state index < -0.39 is 0 Å². The van der Waals surface area contributed by atoms with E-state index >= 15 is 0 Å². The monoisotopic (exact) mass is 1650 g/mol. The zero-order valence-electron chi connectivity index (χ0n) is 43.0. The fourth-order valence-electron chi connectivity index (χ4n) is 5.89. The molecule has 4 aromatic heterocycles. The Labute approximate surface area is 652 Å². The molecule has 0 atom stereocenters. The molecule has 14 heteroatoms. The van der Waals surface area contributed by atoms with E-state index in [0.29, 0.717) is 0 Å². The van der Waals surface area contributed by atoms with Gasteiger partial charge in [-0.1, -0.05) is 156 Å². The van der Waals surface area contributed by atoms with Crippen LogP contribution in [-0.2, 0) is 327 Å². The van der Waals surface area contributed by atoms with Crippen LogP contribution in [0.3, 0.4) is 0 Å². The Bertz CT molecular complexity index is 2230. The van der Waals surface area contributed by atoms with Gasteiger partial charge in [-0.15, -0.1) is 0 Å². The van der Waals surface area contributed by atoms with Gasteiger partial charge in [-0.05, 0) is 48.5 Å². The summed E-state index contributed by atoms with van der Waals surface area (Å²) in [5.74, 6) is 0. The van der Waals surface area contributed by atoms with Crippen molar-refractivity contribution in [2.75, 3.05) is 0 Å². The largest absolute Gasteiger partial charge is 0.456 e. The first-order valence-electron chi connectivity index (χ1n) is 19.3. The van der Waals surface area contributed by atoms with Crippen molar-refractivity contribution in [3.8, 4) is 0 Å². The molecule has 10 rings (SSSR count). The molecule has 10 aromatic rings. The molecule has 6 aromatic carbocycles. The van der Waals surface area contributed by atoms with Gasteiger partial charge >= 0.3 is 0 Å². The second-order valence-corrected chi connectivity index (χ2v) is 10.1. The number of fused-ring (bicyclic) bond motifs is 12. The smallest absolute Gasteiger partial charge is 0.136 e. The molecule has 66 heavy (non-hydrogen) atoms. The van der Waals surface area contributed by atoms with E-state index in [1.165, 1.54) is 0 Å². The minimum absolute atomic E-state index is 0. The van der Waals surface area contributed by atoms with E-state index in [1.54, 1.807) is 0 Å². The molecule has 4 heterocycles. The summed E-state index contributed by atoms with van der Waals surface area (Å²) in [5.41, 5.74) is 7.30. The van der Waals surface area contributed by atoms with Crippen LogP contribution >= 0.6 is 0 Å². The predicted octanol–water partition coefficient (Wildman–Crippen LogP) is 18.9. The first kappa shape index (κ1) is 100. The summed E-state index contributed by atoms with van der Waals surface area (Å²) in [6, 6.07) is 40.7. The number of furan rings is 4. The van der Waals surface area contributed by atoms with Crippen molar-refractivity contribution in [3.05, 3.63) is 151 Å². The number of rotatable bonds is 0. The number of para-hydroxylation sites is 4. The number of hydrogen-bond donors (Lipinski definition) is 0. The number of hydrogen-bond acceptors (Lipinski definition) is 4. The number of benzene rings is 6. The molecule has 0 saturated heterocycles. The van der Waals surface area contributed by atoms with Gasteiger partial charge in [0.25, 0.3) is 0 Å². The van der Waals surface area contributed by atoms with Crippen LogP contribution in [0.4, 0.5) is 0 Å². The molecule has 0 fully saturated rings. The topological polar surface area (TPSA) is 52.6 Å². The zero-order valence-corrected chi connectivity index (χ0v) is 71.3. The molecule has 0 amide bonds. The summed E-state index contributed by atoms with van der Waals surface area (Å²) in [7, 11) is 0. The Morgan fingerprint density at radius 3 is 0.485 bits per heavy atom. The maximum Gasteiger partial charge on any atom is 0.136 e. The van der Waals surface area contributed by atoms with Crippen molar-refractivity contribution in [1.29, 1.82) is 0 Å². The predicted molar refractivity (Wildman–Crippen MR) is 256 cm³/mol. The molecule has 0 saturated carbocycles. The molecule has 0 N–H and O–H groups in total. The molecule has 0 aliphatic carbocycles. The molecule has 334 valence electrons. The Balaban J connectivity index is -0.0000000614. The first-order valence-corrected chi connectivity index (χ1v) is 19.3. The van der Waals surface area contributed by atoms with Crippen molar-refractivity contribution in [3.63, 3.8) is 0 Å². The van der Waals surface area contributed by atoms with Crippen molar-refractivity contribution in [1.82, 2.24) is 0 Å². The summed E-state index contributed by atoms with van der Waals surface area (Å²) >= 11 is 0. The average Bonchev–Trinajstić information content (AvgIpc) is 4.00. The molecule has 0 bridgehead atoms. The minimum Gasteiger partial charge on any atom is -0.456 e. The van der Waals surface area contributed by atoms with Crippen LogP contribution in [0.25, 0.3) is 87.8 Å². The quantitative estimate of drug-likeness (QED) is 0.142. The van der Waals surface area contributed by atoms with Crippen molar-refractivity contribution < 1.29 is 345 Å². The van der Waals surface area contributed by atoms with Gasteiger partial charge in [0.05, 0.1) is 0 Å². The van der Waals surface area contributed by atoms with Crippen LogP contribution in [0, 0.1) is 29.7 Å². The molecule has 4 nitrogen and oxygen atoms in total. The standard InChI is InChI=1S/2C18H10O2.6C2H6.4CH3.10Y/c2*1-3-7-15-11(5-1)13-9-18-14(10-17(13)19-15)12-6-2-4-8-16(12)20-18;6*1-2;;;;;;;;;;;;;;/h2*1-10H;6*1-2H3;4*1H3;;;;;;;;;;/q;;;;;;;;4*-1;;;;;;;;;;. The van der Waals surface area contributed by atoms with E-state index in [9.17, 15) is 0 Å². The van der Waals surface area contributed by atoms with Crippen molar-refractivity contribution in [2.45, 2.75) is 83.1 Å². The second-order valence-electron chi connectivity index (χ2n) is 10.1. The van der Waals surface area contributed by atoms with Gasteiger partial charge in [-0.25, -0.2) is 0 Å². The fraction of sp³-hybridized carbons (Fsp3) is 0.231. The average molecular weight is 1650 g/mol. The first-order chi connectivity index (χ1) is 25.8. The van der Waals surface area contributed by atoms with Crippen molar-refractivity contribution in [2.24, 2.45) is 0 Å². The molecular weight excluding hydrogens is 1580 g/mol. The van der Waals surface area contributed by atoms with Gasteiger partial charge in [0.1, 0.15) is 44.7 Å². The van der Waals surface area contributed by atoms with E-state index in [1.807, 2.05) is 156 Å². The van der Waals surface area contributed by atoms with Crippen LogP contribution < -0.4 is 0 Å². The fourth-order valence-corrected chi connectivity index (χ4v) is 5.89. The third-order valence-electron chi connectivity index (χ3n) is 7.75. The van der Waals surface area contributed by atoms with Crippen molar-refractivity contribution >= 4 is 87.8 Å². The van der Waals surface area contributed by atoms with Gasteiger partial charge in [0.2, 0.25) is 0 Å². The van der Waals surface area contributed by atoms with Gasteiger partial charge in [-0.3, -0.25) is 0 Å². The van der Waals surface area contributed by atoms with Crippen LogP contribution in [-0.4, -0.2) is 0 Å². The molecule has 0 unspecified atom stereocenters. The molecular formula is C52H68O4Y10-4. The third-order valence-corrected chi connectivity index (χ3v) is 7.75. The maximum atomic E-state index is 5.94. The summed E-state index contributed by atoms with van der Waals surface area (Å²) in [5, 5.41) is 8.93. The van der Waals surface area contributed by atoms with Gasteiger partial charge in [0.15, 0.2) is 0 Å². The summed E-state index contributed by atoms with van der Waals surface area (Å²) in [6.45, 7) is 24.0. The molecule has 0 spiro atoms. The van der Waals surface area contributed by atoms with E-state index in [4.69, 9.17) is 17.7 Å². The molecule has 0 aliphatic heterocycles. The Morgan fingerprint density at radius 2 is 0.333 bits per heavy atom. The second kappa shape index (κ2) is 56.8. The normalized spacial score (nSPS) is 7.82.